The minimum absolute atomic E-state index is 0.0766. The van der Waals surface area contributed by atoms with Gasteiger partial charge in [0.15, 0.2) is 0 Å². The highest BCUT2D eigenvalue weighted by molar-refractivity contribution is 6.07. The highest BCUT2D eigenvalue weighted by Gasteiger charge is 2.25. The summed E-state index contributed by atoms with van der Waals surface area (Å²) in [5.41, 5.74) is 4.12. The first-order valence-electron chi connectivity index (χ1n) is 12.5. The summed E-state index contributed by atoms with van der Waals surface area (Å²) in [6, 6.07) is 18.6. The molecule has 190 valence electrons. The molecule has 0 saturated carbocycles. The van der Waals surface area contributed by atoms with Crippen molar-refractivity contribution in [3.63, 3.8) is 0 Å². The second-order valence-electron chi connectivity index (χ2n) is 9.22. The van der Waals surface area contributed by atoms with Gasteiger partial charge in [0.05, 0.1) is 23.5 Å². The molecule has 0 atom stereocenters. The van der Waals surface area contributed by atoms with E-state index in [9.17, 15) is 9.59 Å². The van der Waals surface area contributed by atoms with Crippen molar-refractivity contribution in [3.05, 3.63) is 88.6 Å². The van der Waals surface area contributed by atoms with Gasteiger partial charge in [-0.1, -0.05) is 18.2 Å². The molecule has 37 heavy (non-hydrogen) atoms. The topological polar surface area (TPSA) is 118 Å². The standard InChI is InChI=1S/C29H31N5O3/c1-20-3-6-24(17-26(20)28(36)33-25-9-10-27(32-19-25)31-13-2-16-35)29(37)34-14-11-23(12-15-34)22-7-4-21(18-30)5-8-22/h3-10,17,19,23,35H,2,11-16H2,1H3,(H,31,32)(H,33,36). The van der Waals surface area contributed by atoms with Crippen molar-refractivity contribution < 1.29 is 14.7 Å². The predicted molar refractivity (Wildman–Crippen MR) is 143 cm³/mol. The number of aliphatic hydroxyl groups excluding tert-OH is 1. The summed E-state index contributed by atoms with van der Waals surface area (Å²) in [7, 11) is 0. The average molecular weight is 498 g/mol. The number of nitriles is 1. The van der Waals surface area contributed by atoms with Crippen LogP contribution in [0.25, 0.3) is 0 Å². The number of aliphatic hydroxyl groups is 1. The molecule has 4 rings (SSSR count). The zero-order chi connectivity index (χ0) is 26.2. The van der Waals surface area contributed by atoms with Gasteiger partial charge in [-0.3, -0.25) is 9.59 Å². The summed E-state index contributed by atoms with van der Waals surface area (Å²) in [6.07, 6.45) is 3.91. The molecule has 1 aliphatic heterocycles. The molecule has 1 saturated heterocycles. The molecule has 1 aliphatic rings. The van der Waals surface area contributed by atoms with E-state index in [0.717, 1.165) is 18.4 Å². The van der Waals surface area contributed by atoms with Gasteiger partial charge in [0, 0.05) is 37.4 Å². The monoisotopic (exact) mass is 497 g/mol. The number of hydrogen-bond acceptors (Lipinski definition) is 6. The van der Waals surface area contributed by atoms with Crippen LogP contribution >= 0.6 is 0 Å². The Kier molecular flexibility index (Phi) is 8.49. The zero-order valence-electron chi connectivity index (χ0n) is 20.9. The molecule has 2 heterocycles. The highest BCUT2D eigenvalue weighted by Crippen LogP contribution is 2.29. The van der Waals surface area contributed by atoms with E-state index in [1.54, 1.807) is 36.5 Å². The molecule has 3 N–H and O–H groups in total. The molecule has 0 bridgehead atoms. The number of anilines is 2. The first-order chi connectivity index (χ1) is 18.0. The van der Waals surface area contributed by atoms with Gasteiger partial charge in [-0.2, -0.15) is 5.26 Å². The van der Waals surface area contributed by atoms with Gasteiger partial charge >= 0.3 is 0 Å². The van der Waals surface area contributed by atoms with Crippen LogP contribution in [0.1, 0.15) is 62.6 Å². The number of aryl methyl sites for hydroxylation is 1. The Morgan fingerprint density at radius 3 is 2.51 bits per heavy atom. The van der Waals surface area contributed by atoms with E-state index in [1.807, 2.05) is 36.1 Å². The number of aromatic nitrogens is 1. The Balaban J connectivity index is 1.37. The molecule has 0 unspecified atom stereocenters. The molecule has 1 fully saturated rings. The van der Waals surface area contributed by atoms with Gasteiger partial charge < -0.3 is 20.6 Å². The maximum absolute atomic E-state index is 13.2. The molecule has 3 aromatic rings. The number of amides is 2. The summed E-state index contributed by atoms with van der Waals surface area (Å²) in [6.45, 7) is 3.85. The Bertz CT molecular complexity index is 1270. The van der Waals surface area contributed by atoms with Crippen LogP contribution in [0.4, 0.5) is 11.5 Å². The average Bonchev–Trinajstić information content (AvgIpc) is 2.94. The number of carbonyl (C=O) groups excluding carboxylic acids is 2. The molecule has 0 aliphatic carbocycles. The number of nitrogens with zero attached hydrogens (tertiary/aromatic N) is 3. The number of rotatable bonds is 8. The van der Waals surface area contributed by atoms with Crippen molar-refractivity contribution in [2.75, 3.05) is 36.9 Å². The summed E-state index contributed by atoms with van der Waals surface area (Å²) < 4.78 is 0. The first kappa shape index (κ1) is 25.9. The lowest BCUT2D eigenvalue weighted by atomic mass is 9.88. The van der Waals surface area contributed by atoms with Crippen molar-refractivity contribution >= 4 is 23.3 Å². The van der Waals surface area contributed by atoms with Crippen LogP contribution in [0, 0.1) is 18.3 Å². The third-order valence-corrected chi connectivity index (χ3v) is 6.68. The molecule has 2 aromatic carbocycles. The van der Waals surface area contributed by atoms with Gasteiger partial charge in [-0.05, 0) is 79.6 Å². The largest absolute Gasteiger partial charge is 0.396 e. The molecular formula is C29H31N5O3. The number of piperidine rings is 1. The van der Waals surface area contributed by atoms with E-state index in [2.05, 4.69) is 21.7 Å². The van der Waals surface area contributed by atoms with Crippen LogP contribution < -0.4 is 10.6 Å². The van der Waals surface area contributed by atoms with E-state index in [0.29, 0.717) is 60.2 Å². The van der Waals surface area contributed by atoms with E-state index >= 15 is 0 Å². The lowest BCUT2D eigenvalue weighted by Crippen LogP contribution is -2.38. The third-order valence-electron chi connectivity index (χ3n) is 6.68. The van der Waals surface area contributed by atoms with E-state index in [4.69, 9.17) is 10.4 Å². The number of likely N-dealkylation sites (tertiary alicyclic amines) is 1. The van der Waals surface area contributed by atoms with Crippen LogP contribution in [0.3, 0.4) is 0 Å². The minimum Gasteiger partial charge on any atom is -0.396 e. The highest BCUT2D eigenvalue weighted by atomic mass is 16.3. The van der Waals surface area contributed by atoms with Crippen LogP contribution in [0.15, 0.2) is 60.8 Å². The van der Waals surface area contributed by atoms with Gasteiger partial charge in [0.25, 0.3) is 11.8 Å². The number of nitrogens with one attached hydrogen (secondary N) is 2. The SMILES string of the molecule is Cc1ccc(C(=O)N2CCC(c3ccc(C#N)cc3)CC2)cc1C(=O)Nc1ccc(NCCCO)nc1. The second-order valence-corrected chi connectivity index (χ2v) is 9.22. The third kappa shape index (κ3) is 6.51. The van der Waals surface area contributed by atoms with E-state index in [1.165, 1.54) is 5.56 Å². The molecule has 8 nitrogen and oxygen atoms in total. The van der Waals surface area contributed by atoms with Crippen molar-refractivity contribution in [1.29, 1.82) is 5.26 Å². The fourth-order valence-electron chi connectivity index (χ4n) is 4.49. The molecular weight excluding hydrogens is 466 g/mol. The van der Waals surface area contributed by atoms with Crippen LogP contribution in [-0.4, -0.2) is 53.0 Å². The summed E-state index contributed by atoms with van der Waals surface area (Å²) in [4.78, 5) is 32.4. The van der Waals surface area contributed by atoms with Gasteiger partial charge in [-0.15, -0.1) is 0 Å². The van der Waals surface area contributed by atoms with Crippen molar-refractivity contribution in [3.8, 4) is 6.07 Å². The lowest BCUT2D eigenvalue weighted by Gasteiger charge is -2.32. The van der Waals surface area contributed by atoms with Crippen LogP contribution in [0.2, 0.25) is 0 Å². The van der Waals surface area contributed by atoms with Gasteiger partial charge in [0.2, 0.25) is 0 Å². The minimum atomic E-state index is -0.297. The maximum atomic E-state index is 13.2. The molecule has 0 spiro atoms. The quantitative estimate of drug-likeness (QED) is 0.399. The van der Waals surface area contributed by atoms with E-state index in [-0.39, 0.29) is 18.4 Å². The van der Waals surface area contributed by atoms with Crippen molar-refractivity contribution in [1.82, 2.24) is 9.88 Å². The summed E-state index contributed by atoms with van der Waals surface area (Å²) in [5, 5.41) is 23.8. The molecule has 1 aromatic heterocycles. The van der Waals surface area contributed by atoms with Crippen LogP contribution in [-0.2, 0) is 0 Å². The van der Waals surface area contributed by atoms with Crippen molar-refractivity contribution in [2.24, 2.45) is 0 Å². The zero-order valence-corrected chi connectivity index (χ0v) is 20.9. The molecule has 2 amide bonds. The number of hydrogen-bond donors (Lipinski definition) is 3. The Morgan fingerprint density at radius 1 is 1.11 bits per heavy atom. The smallest absolute Gasteiger partial charge is 0.255 e. The van der Waals surface area contributed by atoms with Gasteiger partial charge in [-0.25, -0.2) is 4.98 Å². The van der Waals surface area contributed by atoms with E-state index < -0.39 is 0 Å². The fourth-order valence-corrected chi connectivity index (χ4v) is 4.49. The fraction of sp³-hybridized carbons (Fsp3) is 0.310. The Labute approximate surface area is 217 Å². The summed E-state index contributed by atoms with van der Waals surface area (Å²) >= 11 is 0. The van der Waals surface area contributed by atoms with Gasteiger partial charge in [0.1, 0.15) is 5.82 Å². The Morgan fingerprint density at radius 2 is 1.86 bits per heavy atom. The van der Waals surface area contributed by atoms with Crippen molar-refractivity contribution in [2.45, 2.75) is 32.1 Å². The summed E-state index contributed by atoms with van der Waals surface area (Å²) in [5.74, 6) is 0.654. The normalized spacial score (nSPS) is 13.6. The number of pyridine rings is 1. The van der Waals surface area contributed by atoms with Crippen LogP contribution in [0.5, 0.6) is 0 Å². The molecule has 8 heteroatoms. The maximum Gasteiger partial charge on any atom is 0.255 e. The number of benzene rings is 2. The Hall–Kier alpha value is -4.22. The number of carbonyl (C=O) groups is 2. The molecule has 0 radical (unpaired) electrons. The second kappa shape index (κ2) is 12.2. The predicted octanol–water partition coefficient (Wildman–Crippen LogP) is 4.33. The lowest BCUT2D eigenvalue weighted by molar-refractivity contribution is 0.0713. The first-order valence-corrected chi connectivity index (χ1v) is 12.5.